The third-order valence-corrected chi connectivity index (χ3v) is 4.47. The van der Waals surface area contributed by atoms with Gasteiger partial charge in [-0.2, -0.15) is 0 Å². The van der Waals surface area contributed by atoms with Crippen LogP contribution in [0.3, 0.4) is 0 Å². The van der Waals surface area contributed by atoms with Gasteiger partial charge in [-0.15, -0.1) is 30.8 Å². The third-order valence-electron chi connectivity index (χ3n) is 4.47. The lowest BCUT2D eigenvalue weighted by Gasteiger charge is -2.26. The molecule has 0 heterocycles. The van der Waals surface area contributed by atoms with Crippen molar-refractivity contribution in [2.75, 3.05) is 26.4 Å². The normalized spacial score (nSPS) is 10.6. The van der Waals surface area contributed by atoms with Crippen LogP contribution in [0.5, 0.6) is 0 Å². The molecular weight excluding hydrogens is 416 g/mol. The van der Waals surface area contributed by atoms with Crippen LogP contribution in [0.25, 0.3) is 0 Å². The van der Waals surface area contributed by atoms with Crippen molar-refractivity contribution >= 4 is 23.9 Å². The largest absolute Gasteiger partial charge is 0.465 e. The Labute approximate surface area is 190 Å². The molecule has 0 radical (unpaired) electrons. The molecule has 0 bridgehead atoms. The molecule has 0 unspecified atom stereocenters. The molecule has 8 heteroatoms. The first-order valence-corrected chi connectivity index (χ1v) is 10.4. The van der Waals surface area contributed by atoms with Crippen LogP contribution >= 0.6 is 0 Å². The standard InChI is InChI=1S/C24H32O8/c1-7-15-23(19(25)29-9-3,20(26)30-10-4)17-13-14-18-24(16-8-2,21(27)31-11-5)22(28)32-12-6/h1,8H,2,9-12,15-18H2,3-6H3. The van der Waals surface area contributed by atoms with Crippen LogP contribution in [-0.2, 0) is 38.1 Å². The fraction of sp³-hybridized carbons (Fsp3) is 0.583. The number of hydrogen-bond donors (Lipinski definition) is 0. The molecule has 0 aliphatic carbocycles. The van der Waals surface area contributed by atoms with Gasteiger partial charge in [-0.3, -0.25) is 19.2 Å². The Morgan fingerprint density at radius 2 is 1.06 bits per heavy atom. The van der Waals surface area contributed by atoms with E-state index < -0.39 is 34.7 Å². The zero-order valence-electron chi connectivity index (χ0n) is 19.3. The second-order valence-corrected chi connectivity index (χ2v) is 6.63. The first-order chi connectivity index (χ1) is 15.3. The second-order valence-electron chi connectivity index (χ2n) is 6.63. The van der Waals surface area contributed by atoms with Gasteiger partial charge in [0.05, 0.1) is 26.4 Å². The minimum atomic E-state index is -1.82. The summed E-state index contributed by atoms with van der Waals surface area (Å²) in [6, 6.07) is 0. The van der Waals surface area contributed by atoms with E-state index in [2.05, 4.69) is 24.3 Å². The Kier molecular flexibility index (Phi) is 13.2. The Bertz CT molecular complexity index is 742. The van der Waals surface area contributed by atoms with Gasteiger partial charge in [-0.05, 0) is 34.1 Å². The molecule has 0 rings (SSSR count). The molecule has 0 aromatic rings. The van der Waals surface area contributed by atoms with E-state index in [-0.39, 0.29) is 52.1 Å². The average Bonchev–Trinajstić information content (AvgIpc) is 2.75. The molecule has 0 amide bonds. The topological polar surface area (TPSA) is 105 Å². The van der Waals surface area contributed by atoms with Crippen LogP contribution in [0.4, 0.5) is 0 Å². The summed E-state index contributed by atoms with van der Waals surface area (Å²) < 4.78 is 20.2. The molecule has 0 aromatic carbocycles. The molecule has 0 spiro atoms. The third kappa shape index (κ3) is 7.16. The Hall–Kier alpha value is -3.26. The highest BCUT2D eigenvalue weighted by molar-refractivity contribution is 6.01. The fourth-order valence-corrected chi connectivity index (χ4v) is 2.83. The van der Waals surface area contributed by atoms with Crippen molar-refractivity contribution in [1.82, 2.24) is 0 Å². The van der Waals surface area contributed by atoms with Crippen molar-refractivity contribution in [3.05, 3.63) is 12.7 Å². The maximum absolute atomic E-state index is 12.6. The molecule has 0 N–H and O–H groups in total. The summed E-state index contributed by atoms with van der Waals surface area (Å²) in [6.45, 7) is 10.2. The van der Waals surface area contributed by atoms with Gasteiger partial charge >= 0.3 is 23.9 Å². The molecule has 0 aliphatic rings. The number of rotatable bonds is 13. The summed E-state index contributed by atoms with van der Waals surface area (Å²) >= 11 is 0. The molecular formula is C24H32O8. The molecule has 0 aliphatic heterocycles. The van der Waals surface area contributed by atoms with Crippen molar-refractivity contribution in [1.29, 1.82) is 0 Å². The maximum Gasteiger partial charge on any atom is 0.325 e. The average molecular weight is 449 g/mol. The summed E-state index contributed by atoms with van der Waals surface area (Å²) in [5.41, 5.74) is -3.54. The van der Waals surface area contributed by atoms with Crippen molar-refractivity contribution in [3.8, 4) is 24.2 Å². The van der Waals surface area contributed by atoms with E-state index >= 15 is 0 Å². The van der Waals surface area contributed by atoms with Gasteiger partial charge in [0.15, 0.2) is 10.8 Å². The van der Waals surface area contributed by atoms with Crippen LogP contribution in [0.15, 0.2) is 12.7 Å². The zero-order chi connectivity index (χ0) is 24.6. The fourth-order valence-electron chi connectivity index (χ4n) is 2.83. The summed E-state index contributed by atoms with van der Waals surface area (Å²) in [4.78, 5) is 50.5. The van der Waals surface area contributed by atoms with Gasteiger partial charge in [0, 0.05) is 19.3 Å². The quantitative estimate of drug-likeness (QED) is 0.139. The number of esters is 4. The van der Waals surface area contributed by atoms with Crippen molar-refractivity contribution < 1.29 is 38.1 Å². The molecule has 0 fully saturated rings. The summed E-state index contributed by atoms with van der Waals surface area (Å²) in [6.07, 6.45) is 5.86. The number of hydrogen-bond acceptors (Lipinski definition) is 8. The summed E-state index contributed by atoms with van der Waals surface area (Å²) in [5.74, 6) is 4.43. The predicted molar refractivity (Wildman–Crippen MR) is 117 cm³/mol. The zero-order valence-corrected chi connectivity index (χ0v) is 19.3. The number of carbonyl (C=O) groups is 4. The Morgan fingerprint density at radius 1 is 0.719 bits per heavy atom. The monoisotopic (exact) mass is 448 g/mol. The van der Waals surface area contributed by atoms with Gasteiger partial charge in [-0.1, -0.05) is 6.08 Å². The lowest BCUT2D eigenvalue weighted by Crippen LogP contribution is -2.42. The van der Waals surface area contributed by atoms with E-state index in [1.165, 1.54) is 6.08 Å². The van der Waals surface area contributed by atoms with Gasteiger partial charge in [0.2, 0.25) is 0 Å². The van der Waals surface area contributed by atoms with Crippen LogP contribution in [0, 0.1) is 35.0 Å². The van der Waals surface area contributed by atoms with Crippen LogP contribution in [0.2, 0.25) is 0 Å². The van der Waals surface area contributed by atoms with E-state index in [0.29, 0.717) is 0 Å². The predicted octanol–water partition coefficient (Wildman–Crippen LogP) is 2.59. The number of terminal acetylenes is 1. The van der Waals surface area contributed by atoms with Crippen LogP contribution in [0.1, 0.15) is 53.4 Å². The highest BCUT2D eigenvalue weighted by Gasteiger charge is 2.49. The molecule has 0 saturated heterocycles. The van der Waals surface area contributed by atoms with Gasteiger partial charge in [0.25, 0.3) is 0 Å². The minimum absolute atomic E-state index is 0.0339. The van der Waals surface area contributed by atoms with Crippen molar-refractivity contribution in [3.63, 3.8) is 0 Å². The molecule has 0 saturated carbocycles. The molecule has 32 heavy (non-hydrogen) atoms. The lowest BCUT2D eigenvalue weighted by molar-refractivity contribution is -0.173. The highest BCUT2D eigenvalue weighted by Crippen LogP contribution is 2.33. The smallest absolute Gasteiger partial charge is 0.325 e. The van der Waals surface area contributed by atoms with Crippen molar-refractivity contribution in [2.45, 2.75) is 53.4 Å². The highest BCUT2D eigenvalue weighted by atomic mass is 16.6. The SMILES string of the molecule is C#CCC(CC#CCC(CC=C)(C(=O)OCC)C(=O)OCC)(C(=O)OCC)C(=O)OCC. The number of allylic oxidation sites excluding steroid dienone is 1. The van der Waals surface area contributed by atoms with E-state index in [1.807, 2.05) is 0 Å². The van der Waals surface area contributed by atoms with Gasteiger partial charge in [0.1, 0.15) is 0 Å². The molecule has 8 nitrogen and oxygen atoms in total. The molecule has 0 atom stereocenters. The van der Waals surface area contributed by atoms with E-state index in [4.69, 9.17) is 25.4 Å². The van der Waals surface area contributed by atoms with Crippen LogP contribution < -0.4 is 0 Å². The lowest BCUT2D eigenvalue weighted by atomic mass is 9.79. The first-order valence-electron chi connectivity index (χ1n) is 10.4. The number of ether oxygens (including phenoxy) is 4. The van der Waals surface area contributed by atoms with Gasteiger partial charge < -0.3 is 18.9 Å². The van der Waals surface area contributed by atoms with E-state index in [0.717, 1.165) is 0 Å². The first kappa shape index (κ1) is 28.7. The van der Waals surface area contributed by atoms with Gasteiger partial charge in [-0.25, -0.2) is 0 Å². The van der Waals surface area contributed by atoms with E-state index in [1.54, 1.807) is 27.7 Å². The Balaban J connectivity index is 6.13. The summed E-state index contributed by atoms with van der Waals surface area (Å²) in [7, 11) is 0. The number of carbonyl (C=O) groups excluding carboxylic acids is 4. The van der Waals surface area contributed by atoms with Crippen LogP contribution in [-0.4, -0.2) is 50.3 Å². The minimum Gasteiger partial charge on any atom is -0.465 e. The second kappa shape index (κ2) is 14.7. The van der Waals surface area contributed by atoms with Crippen molar-refractivity contribution in [2.24, 2.45) is 10.8 Å². The maximum atomic E-state index is 12.6. The molecule has 0 aromatic heterocycles. The van der Waals surface area contributed by atoms with E-state index in [9.17, 15) is 19.2 Å². The Morgan fingerprint density at radius 3 is 1.38 bits per heavy atom. The molecule has 176 valence electrons. The summed E-state index contributed by atoms with van der Waals surface area (Å²) in [5, 5.41) is 0.